The van der Waals surface area contributed by atoms with Crippen molar-refractivity contribution in [3.05, 3.63) is 164 Å². The summed E-state index contributed by atoms with van der Waals surface area (Å²) < 4.78 is 26.3. The fraction of sp³-hybridized carbons (Fsp3) is 0.548. The van der Waals surface area contributed by atoms with E-state index in [9.17, 15) is 57.5 Å². The van der Waals surface area contributed by atoms with Crippen molar-refractivity contribution in [1.82, 2.24) is 46.5 Å². The summed E-state index contributed by atoms with van der Waals surface area (Å²) in [6.07, 6.45) is 12.0. The molecule has 4 saturated heterocycles. The number of carbonyl (C=O) groups excluding carboxylic acids is 12. The normalized spacial score (nSPS) is 15.7. The van der Waals surface area contributed by atoms with Gasteiger partial charge in [0, 0.05) is 174 Å². The van der Waals surface area contributed by atoms with Crippen LogP contribution in [0.15, 0.2) is 121 Å². The molecule has 8 aromatic rings. The van der Waals surface area contributed by atoms with Crippen LogP contribution in [0.25, 0.3) is 40.9 Å². The quantitative estimate of drug-likeness (QED) is 0.0175. The van der Waals surface area contributed by atoms with Crippen LogP contribution >= 0.6 is 45.3 Å². The standard InChI is InChI=1S/C30H39N3O4S.C29H37N3O4S.C28H36N4O4S.C28H35N3O4S/c1-5-6-24(34)15-23(17-29-32-26-8-7-22(19(2)3)16-28(26)38-29)30(36)33-25(21-11-13-37-14-12-21)9-10-27(35)20(4)18-31;1-5-23(33)14-22(16-28-31-25-7-6-21(18(2)3)15-27(25)37-28)29(35)32-24(20-10-12-36-13-11-20)8-9-26(34)19(4)17-30;1-17(2)20-5-6-23-25(13-20)37-27(31-23)15-21(14-26(34)30-4)28(35)32-22(19-9-11-36-12-10-19)7-8-24(33)18(3)16-29;1-17(2)21-5-6-24-26(14-21)36-27(30-24)15-22(13-19(4)32)28(34)31-23(20-9-11-35-12-10-20)7-8-25(33)18(3)16-29/h7-8,16,19,21,23,25H,4-6,9-15,17H2,1-3H3,(H,33,36);6-7,15,18,20,22,24H,4-5,8-14,16H2,1-3H3,(H,32,35);5-6,13,17,19,21-22H,3,7-12,14-15H2,1-2,4H3,(H,30,34)(H,32,35);5-6,14,17,20,22-23H,3,7-13,15H2,1-2,4H3,(H,31,34)/t23-,25+;22-,24+;21-,22+;22-,23+/m0000/s1. The second-order valence-corrected chi connectivity index (χ2v) is 44.9. The Labute approximate surface area is 886 Å². The molecule has 5 N–H and O–H groups in total. The Morgan fingerprint density at radius 1 is 0.358 bits per heavy atom. The fourth-order valence-corrected chi connectivity index (χ4v) is 23.1. The van der Waals surface area contributed by atoms with Crippen LogP contribution in [0.4, 0.5) is 0 Å². The molecule has 4 fully saturated rings. The van der Waals surface area contributed by atoms with Gasteiger partial charge in [0.1, 0.15) is 41.6 Å². The number of rotatable bonds is 51. The monoisotopic (exact) mass is 2090 g/mol. The van der Waals surface area contributed by atoms with Gasteiger partial charge in [-0.2, -0.15) is 21.0 Å². The Hall–Kier alpha value is -11.8. The summed E-state index contributed by atoms with van der Waals surface area (Å²) in [5, 5.41) is 54.5. The van der Waals surface area contributed by atoms with Crippen molar-refractivity contribution in [3.63, 3.8) is 0 Å². The number of hydrogen-bond donors (Lipinski definition) is 5. The number of nitrogens with zero attached hydrogens (tertiary/aromatic N) is 8. The molecule has 33 heteroatoms. The van der Waals surface area contributed by atoms with Gasteiger partial charge in [-0.1, -0.05) is 120 Å². The van der Waals surface area contributed by atoms with E-state index in [0.29, 0.717) is 141 Å². The molecule has 29 nitrogen and oxygen atoms in total. The van der Waals surface area contributed by atoms with Crippen LogP contribution in [-0.4, -0.2) is 174 Å². The summed E-state index contributed by atoms with van der Waals surface area (Å²) in [5.41, 5.74) is 8.27. The van der Waals surface area contributed by atoms with Crippen LogP contribution in [0, 0.1) is 92.7 Å². The minimum absolute atomic E-state index is 0.0338. The number of ether oxygens (including phenoxy) is 4. The molecule has 5 amide bonds. The zero-order valence-electron chi connectivity index (χ0n) is 88.0. The molecule has 8 heterocycles. The van der Waals surface area contributed by atoms with Crippen LogP contribution in [0.5, 0.6) is 0 Å². The van der Waals surface area contributed by atoms with Gasteiger partial charge < -0.3 is 50.3 Å². The predicted octanol–water partition coefficient (Wildman–Crippen LogP) is 19.9. The summed E-state index contributed by atoms with van der Waals surface area (Å²) in [4.78, 5) is 172. The second-order valence-electron chi connectivity index (χ2n) is 40.4. The van der Waals surface area contributed by atoms with Crippen molar-refractivity contribution in [2.24, 2.45) is 47.3 Å². The van der Waals surface area contributed by atoms with Gasteiger partial charge in [0.2, 0.25) is 29.5 Å². The van der Waals surface area contributed by atoms with Crippen molar-refractivity contribution in [2.45, 2.75) is 297 Å². The van der Waals surface area contributed by atoms with E-state index in [0.717, 1.165) is 119 Å². The number of benzene rings is 4. The molecule has 0 aliphatic carbocycles. The first-order valence-corrected chi connectivity index (χ1v) is 55.4. The molecule has 8 atom stereocenters. The summed E-state index contributed by atoms with van der Waals surface area (Å²) in [6.45, 7) is 41.4. The molecule has 4 aliphatic rings. The predicted molar refractivity (Wildman–Crippen MR) is 580 cm³/mol. The molecule has 4 aliphatic heterocycles. The molecular formula is C115H147N13O16S4. The Bertz CT molecular complexity index is 5990. The molecule has 0 saturated carbocycles. The van der Waals surface area contributed by atoms with E-state index in [1.165, 1.54) is 29.2 Å². The summed E-state index contributed by atoms with van der Waals surface area (Å²) in [7, 11) is 1.56. The lowest BCUT2D eigenvalue weighted by Gasteiger charge is -2.32. The SMILES string of the molecule is C=C(C#N)C(=O)CC[C@@H](NC(=O)[C@@H](CC(=O)CC)Cc1nc2ccc(C(C)C)cc2s1)C1CCOCC1.C=C(C#N)C(=O)CC[C@@H](NC(=O)[C@@H](CC(=O)CCC)Cc1nc2ccc(C(C)C)cc2s1)C1CCOCC1.C=C(C#N)C(=O)CC[C@@H](NC(=O)[C@@H](CC(=O)NC)Cc1nc2ccc(C(C)C)cc2s1)C1CCOCC1.C=C(C#N)C(=O)CC[C@@H](NC(=O)[C@@H](CC(C)=O)Cc1nc2ccc(C(C)C)cc2s1)C1CCOCC1. The van der Waals surface area contributed by atoms with Gasteiger partial charge in [0.25, 0.3) is 0 Å². The zero-order valence-corrected chi connectivity index (χ0v) is 91.3. The minimum Gasteiger partial charge on any atom is -0.381 e. The van der Waals surface area contributed by atoms with E-state index in [-0.39, 0.29) is 192 Å². The third-order valence-corrected chi connectivity index (χ3v) is 32.2. The van der Waals surface area contributed by atoms with E-state index in [1.807, 2.05) is 43.3 Å². The van der Waals surface area contributed by atoms with Gasteiger partial charge >= 0.3 is 0 Å². The molecule has 0 unspecified atom stereocenters. The van der Waals surface area contributed by atoms with E-state index < -0.39 is 23.7 Å². The van der Waals surface area contributed by atoms with Crippen molar-refractivity contribution in [3.8, 4) is 24.3 Å². The van der Waals surface area contributed by atoms with Gasteiger partial charge in [-0.25, -0.2) is 19.9 Å². The van der Waals surface area contributed by atoms with E-state index in [2.05, 4.69) is 157 Å². The van der Waals surface area contributed by atoms with Gasteiger partial charge in [-0.3, -0.25) is 52.7 Å². The molecule has 148 heavy (non-hydrogen) atoms. The van der Waals surface area contributed by atoms with Crippen molar-refractivity contribution >= 4 is 156 Å². The number of aromatic nitrogens is 4. The third kappa shape index (κ3) is 37.8. The number of allylic oxidation sites excluding steroid dienone is 4. The van der Waals surface area contributed by atoms with Gasteiger partial charge in [0.05, 0.1) is 107 Å². The Morgan fingerprint density at radius 2 is 0.595 bits per heavy atom. The molecule has 0 radical (unpaired) electrons. The highest BCUT2D eigenvalue weighted by molar-refractivity contribution is 7.19. The highest BCUT2D eigenvalue weighted by Gasteiger charge is 2.37. The number of amides is 5. The van der Waals surface area contributed by atoms with E-state index in [4.69, 9.17) is 59.9 Å². The van der Waals surface area contributed by atoms with Crippen LogP contribution in [-0.2, 0) is 102 Å². The number of nitriles is 4. The number of thiazole rings is 4. The number of fused-ring (bicyclic) bond motifs is 4. The molecule has 0 spiro atoms. The number of carbonyl (C=O) groups is 12. The lowest BCUT2D eigenvalue weighted by molar-refractivity contribution is -0.131. The smallest absolute Gasteiger partial charge is 0.224 e. The van der Waals surface area contributed by atoms with Gasteiger partial charge in [-0.15, -0.1) is 45.3 Å². The van der Waals surface area contributed by atoms with Crippen molar-refractivity contribution in [1.29, 1.82) is 21.0 Å². The summed E-state index contributed by atoms with van der Waals surface area (Å²) in [6, 6.07) is 31.2. The van der Waals surface area contributed by atoms with E-state index in [1.54, 1.807) is 71.5 Å². The lowest BCUT2D eigenvalue weighted by Crippen LogP contribution is -2.46. The maximum atomic E-state index is 13.7. The first kappa shape index (κ1) is 120. The van der Waals surface area contributed by atoms with Crippen LogP contribution in [0.1, 0.15) is 290 Å². The molecule has 0 bridgehead atoms. The number of nitrogens with one attached hydrogen (secondary N) is 5. The topological polar surface area (TPSA) is 449 Å². The Balaban J connectivity index is 0.000000219. The molecule has 4 aromatic carbocycles. The molecule has 12 rings (SSSR count). The summed E-state index contributed by atoms with van der Waals surface area (Å²) in [5.74, 6) is -2.11. The van der Waals surface area contributed by atoms with Gasteiger partial charge in [-0.05, 0) is 209 Å². The highest BCUT2D eigenvalue weighted by Crippen LogP contribution is 2.37. The molecule has 792 valence electrons. The summed E-state index contributed by atoms with van der Waals surface area (Å²) >= 11 is 6.27. The average Bonchev–Trinajstić information content (AvgIpc) is 1.69. The highest BCUT2D eigenvalue weighted by atomic mass is 32.1. The Morgan fingerprint density at radius 3 is 0.811 bits per heavy atom. The van der Waals surface area contributed by atoms with Gasteiger partial charge in [0.15, 0.2) is 23.1 Å². The fourth-order valence-electron chi connectivity index (χ4n) is 18.7. The van der Waals surface area contributed by atoms with Crippen LogP contribution in [0.2, 0.25) is 0 Å². The van der Waals surface area contributed by atoms with Crippen LogP contribution < -0.4 is 26.6 Å². The first-order valence-electron chi connectivity index (χ1n) is 52.1. The molecule has 4 aromatic heterocycles. The minimum atomic E-state index is -0.600. The number of Topliss-reactive ketones (excluding diaryl/α,β-unsaturated/α-hetero) is 7. The second kappa shape index (κ2) is 60.8. The maximum Gasteiger partial charge on any atom is 0.224 e. The Kier molecular flexibility index (Phi) is 49.2. The number of hydrogen-bond acceptors (Lipinski definition) is 28. The largest absolute Gasteiger partial charge is 0.381 e. The molecular weight excluding hydrogens is 1950 g/mol. The maximum absolute atomic E-state index is 13.7. The average molecular weight is 2100 g/mol. The van der Waals surface area contributed by atoms with E-state index >= 15 is 0 Å². The van der Waals surface area contributed by atoms with Crippen molar-refractivity contribution < 1.29 is 76.5 Å². The first-order chi connectivity index (χ1) is 70.8. The lowest BCUT2D eigenvalue weighted by atomic mass is 9.87. The van der Waals surface area contributed by atoms with Crippen LogP contribution in [0.3, 0.4) is 0 Å². The third-order valence-electron chi connectivity index (χ3n) is 28.0. The zero-order chi connectivity index (χ0) is 108. The van der Waals surface area contributed by atoms with Crippen molar-refractivity contribution in [2.75, 3.05) is 59.9 Å². The number of ketones is 7.